The van der Waals surface area contributed by atoms with Gasteiger partial charge in [0, 0.05) is 43.5 Å². The quantitative estimate of drug-likeness (QED) is 0.777. The lowest BCUT2D eigenvalue weighted by molar-refractivity contribution is -0.117. The summed E-state index contributed by atoms with van der Waals surface area (Å²) < 4.78 is 36.2. The summed E-state index contributed by atoms with van der Waals surface area (Å²) in [6.45, 7) is 0.903. The predicted octanol–water partition coefficient (Wildman–Crippen LogP) is 1.58. The van der Waals surface area contributed by atoms with Gasteiger partial charge in [0.05, 0.1) is 12.1 Å². The minimum absolute atomic E-state index is 0.0555. The number of carbonyl (C=O) groups excluding carboxylic acids is 1. The molecule has 2 heterocycles. The first-order chi connectivity index (χ1) is 10.9. The normalized spacial score (nSPS) is 18.6. The first-order valence-corrected chi connectivity index (χ1v) is 8.73. The summed E-state index contributed by atoms with van der Waals surface area (Å²) in [5.74, 6) is -1.28. The van der Waals surface area contributed by atoms with Gasteiger partial charge in [-0.15, -0.1) is 3.89 Å². The van der Waals surface area contributed by atoms with Gasteiger partial charge in [0.25, 0.3) is 0 Å². The SMILES string of the molecule is O=C1CC(CS(=O)(=O)F)CN1c1ccc(Cn2ccnc2)cc1. The second-order valence-electron chi connectivity index (χ2n) is 5.68. The fourth-order valence-corrected chi connectivity index (χ4v) is 3.58. The van der Waals surface area contributed by atoms with Crippen molar-refractivity contribution in [2.24, 2.45) is 5.92 Å². The third-order valence-electron chi connectivity index (χ3n) is 3.81. The molecule has 1 aromatic heterocycles. The molecular formula is C15H16FN3O3S. The number of halogens is 1. The molecule has 122 valence electrons. The largest absolute Gasteiger partial charge is 0.333 e. The Morgan fingerprint density at radius 2 is 2.00 bits per heavy atom. The molecule has 1 fully saturated rings. The zero-order valence-corrected chi connectivity index (χ0v) is 13.1. The van der Waals surface area contributed by atoms with Gasteiger partial charge in [-0.05, 0) is 17.7 Å². The van der Waals surface area contributed by atoms with Crippen LogP contribution in [0.4, 0.5) is 9.57 Å². The summed E-state index contributed by atoms with van der Waals surface area (Å²) in [6, 6.07) is 7.44. The number of rotatable bonds is 5. The summed E-state index contributed by atoms with van der Waals surface area (Å²) in [5, 5.41) is 0. The minimum atomic E-state index is -4.56. The van der Waals surface area contributed by atoms with Crippen LogP contribution in [0.3, 0.4) is 0 Å². The van der Waals surface area contributed by atoms with Gasteiger partial charge in [-0.1, -0.05) is 12.1 Å². The fourth-order valence-electron chi connectivity index (χ4n) is 2.80. The van der Waals surface area contributed by atoms with Gasteiger partial charge < -0.3 is 9.47 Å². The third-order valence-corrected chi connectivity index (χ3v) is 4.68. The van der Waals surface area contributed by atoms with Gasteiger partial charge in [-0.25, -0.2) is 4.98 Å². The van der Waals surface area contributed by atoms with Crippen LogP contribution in [-0.2, 0) is 21.6 Å². The molecule has 3 rings (SSSR count). The molecule has 23 heavy (non-hydrogen) atoms. The summed E-state index contributed by atoms with van der Waals surface area (Å²) >= 11 is 0. The van der Waals surface area contributed by atoms with Crippen LogP contribution >= 0.6 is 0 Å². The summed E-state index contributed by atoms with van der Waals surface area (Å²) in [4.78, 5) is 17.5. The van der Waals surface area contributed by atoms with Crippen molar-refractivity contribution in [3.63, 3.8) is 0 Å². The first-order valence-electron chi connectivity index (χ1n) is 7.18. The maximum Gasteiger partial charge on any atom is 0.302 e. The van der Waals surface area contributed by atoms with E-state index in [-0.39, 0.29) is 18.9 Å². The maximum absolute atomic E-state index is 12.8. The maximum atomic E-state index is 12.8. The van der Waals surface area contributed by atoms with Gasteiger partial charge in [0.15, 0.2) is 0 Å². The molecule has 1 aromatic carbocycles. The highest BCUT2D eigenvalue weighted by molar-refractivity contribution is 7.86. The van der Waals surface area contributed by atoms with Crippen LogP contribution in [-0.4, -0.2) is 36.2 Å². The third kappa shape index (κ3) is 3.95. The van der Waals surface area contributed by atoms with Crippen LogP contribution in [0.15, 0.2) is 43.0 Å². The summed E-state index contributed by atoms with van der Waals surface area (Å²) in [7, 11) is -4.56. The smallest absolute Gasteiger partial charge is 0.302 e. The van der Waals surface area contributed by atoms with Crippen molar-refractivity contribution >= 4 is 21.8 Å². The Morgan fingerprint density at radius 1 is 1.26 bits per heavy atom. The van der Waals surface area contributed by atoms with E-state index in [1.807, 2.05) is 35.0 Å². The molecular weight excluding hydrogens is 321 g/mol. The molecule has 6 nitrogen and oxygen atoms in total. The highest BCUT2D eigenvalue weighted by atomic mass is 32.3. The average molecular weight is 337 g/mol. The zero-order valence-electron chi connectivity index (χ0n) is 12.3. The van der Waals surface area contributed by atoms with Crippen LogP contribution in [0.25, 0.3) is 0 Å². The second kappa shape index (κ2) is 6.11. The highest BCUT2D eigenvalue weighted by Crippen LogP contribution is 2.26. The molecule has 0 radical (unpaired) electrons. The molecule has 0 N–H and O–H groups in total. The number of hydrogen-bond donors (Lipinski definition) is 0. The number of aromatic nitrogens is 2. The number of nitrogens with zero attached hydrogens (tertiary/aromatic N) is 3. The van der Waals surface area contributed by atoms with Crippen molar-refractivity contribution in [3.8, 4) is 0 Å². The topological polar surface area (TPSA) is 72.3 Å². The molecule has 1 aliphatic rings. The molecule has 1 amide bonds. The van der Waals surface area contributed by atoms with E-state index in [0.29, 0.717) is 12.2 Å². The van der Waals surface area contributed by atoms with Gasteiger partial charge >= 0.3 is 10.2 Å². The molecule has 0 spiro atoms. The van der Waals surface area contributed by atoms with Crippen LogP contribution in [0, 0.1) is 5.92 Å². The van der Waals surface area contributed by atoms with E-state index < -0.39 is 21.9 Å². The molecule has 1 saturated heterocycles. The van der Waals surface area contributed by atoms with E-state index in [2.05, 4.69) is 4.98 Å². The molecule has 0 saturated carbocycles. The van der Waals surface area contributed by atoms with Gasteiger partial charge in [-0.3, -0.25) is 4.79 Å². The predicted molar refractivity (Wildman–Crippen MR) is 83.1 cm³/mol. The zero-order chi connectivity index (χ0) is 16.4. The second-order valence-corrected chi connectivity index (χ2v) is 7.09. The average Bonchev–Trinajstić information content (AvgIpc) is 3.08. The van der Waals surface area contributed by atoms with Gasteiger partial charge in [0.2, 0.25) is 5.91 Å². The Balaban J connectivity index is 1.68. The Labute approximate surface area is 133 Å². The lowest BCUT2D eigenvalue weighted by Gasteiger charge is -2.17. The molecule has 8 heteroatoms. The van der Waals surface area contributed by atoms with Crippen molar-refractivity contribution in [1.82, 2.24) is 9.55 Å². The number of hydrogen-bond acceptors (Lipinski definition) is 4. The van der Waals surface area contributed by atoms with Crippen molar-refractivity contribution in [3.05, 3.63) is 48.5 Å². The number of benzene rings is 1. The van der Waals surface area contributed by atoms with E-state index in [1.165, 1.54) is 4.90 Å². The Kier molecular flexibility index (Phi) is 4.16. The van der Waals surface area contributed by atoms with Crippen LogP contribution in [0.5, 0.6) is 0 Å². The van der Waals surface area contributed by atoms with Gasteiger partial charge in [-0.2, -0.15) is 8.42 Å². The highest BCUT2D eigenvalue weighted by Gasteiger charge is 2.33. The van der Waals surface area contributed by atoms with Crippen LogP contribution < -0.4 is 4.90 Å². The Bertz CT molecular complexity index is 788. The molecule has 2 aromatic rings. The Morgan fingerprint density at radius 3 is 2.61 bits per heavy atom. The lowest BCUT2D eigenvalue weighted by atomic mass is 10.1. The minimum Gasteiger partial charge on any atom is -0.333 e. The van der Waals surface area contributed by atoms with E-state index in [4.69, 9.17) is 0 Å². The van der Waals surface area contributed by atoms with Crippen molar-refractivity contribution in [1.29, 1.82) is 0 Å². The van der Waals surface area contributed by atoms with E-state index in [1.54, 1.807) is 12.5 Å². The van der Waals surface area contributed by atoms with Gasteiger partial charge in [0.1, 0.15) is 0 Å². The van der Waals surface area contributed by atoms with E-state index in [0.717, 1.165) is 5.56 Å². The number of amides is 1. The van der Waals surface area contributed by atoms with Crippen LogP contribution in [0.2, 0.25) is 0 Å². The lowest BCUT2D eigenvalue weighted by Crippen LogP contribution is -2.25. The molecule has 0 bridgehead atoms. The van der Waals surface area contributed by atoms with Crippen molar-refractivity contribution in [2.45, 2.75) is 13.0 Å². The molecule has 0 aliphatic carbocycles. The first kappa shape index (κ1) is 15.7. The summed E-state index contributed by atoms with van der Waals surface area (Å²) in [6.07, 6.45) is 5.34. The Hall–Kier alpha value is -2.22. The monoisotopic (exact) mass is 337 g/mol. The molecule has 1 atom stereocenters. The van der Waals surface area contributed by atoms with Crippen molar-refractivity contribution < 1.29 is 17.1 Å². The van der Waals surface area contributed by atoms with E-state index in [9.17, 15) is 17.1 Å². The van der Waals surface area contributed by atoms with E-state index >= 15 is 0 Å². The standard InChI is InChI=1S/C15H16FN3O3S/c16-23(21,22)10-13-7-15(20)19(9-13)14-3-1-12(2-4-14)8-18-6-5-17-11-18/h1-6,11,13H,7-10H2. The van der Waals surface area contributed by atoms with Crippen LogP contribution in [0.1, 0.15) is 12.0 Å². The number of imidazole rings is 1. The fraction of sp³-hybridized carbons (Fsp3) is 0.333. The number of anilines is 1. The summed E-state index contributed by atoms with van der Waals surface area (Å²) in [5.41, 5.74) is 1.75. The van der Waals surface area contributed by atoms with Crippen molar-refractivity contribution in [2.75, 3.05) is 17.2 Å². The number of carbonyl (C=O) groups is 1. The molecule has 1 unspecified atom stereocenters. The molecule has 1 aliphatic heterocycles.